The van der Waals surface area contributed by atoms with E-state index < -0.39 is 15.2 Å². The molecule has 5 rings (SSSR count). The Labute approximate surface area is 224 Å². The lowest BCUT2D eigenvalue weighted by atomic mass is 9.89. The highest BCUT2D eigenvalue weighted by atomic mass is 32.2. The number of sulfone groups is 1. The van der Waals surface area contributed by atoms with Gasteiger partial charge in [-0.3, -0.25) is 10.2 Å². The fourth-order valence-electron chi connectivity index (χ4n) is 6.15. The number of thiazole rings is 1. The quantitative estimate of drug-likeness (QED) is 0.507. The molecule has 2 N–H and O–H groups in total. The first kappa shape index (κ1) is 26.6. The summed E-state index contributed by atoms with van der Waals surface area (Å²) < 4.78 is 27.6. The molecule has 0 bridgehead atoms. The highest BCUT2D eigenvalue weighted by Crippen LogP contribution is 2.37. The van der Waals surface area contributed by atoms with Crippen molar-refractivity contribution >= 4 is 32.3 Å². The molecule has 1 atom stereocenters. The Morgan fingerprint density at radius 3 is 2.16 bits per heavy atom. The Balaban J connectivity index is 1.39. The largest absolute Gasteiger partial charge is 0.324 e. The van der Waals surface area contributed by atoms with E-state index in [1.54, 1.807) is 30.5 Å². The van der Waals surface area contributed by atoms with Crippen molar-refractivity contribution in [2.24, 2.45) is 0 Å². The molecule has 2 saturated carbocycles. The van der Waals surface area contributed by atoms with Gasteiger partial charge in [0.15, 0.2) is 20.3 Å². The lowest BCUT2D eigenvalue weighted by molar-refractivity contribution is 0.114. The van der Waals surface area contributed by atoms with Crippen molar-refractivity contribution in [2.45, 2.75) is 86.6 Å². The number of amides is 2. The van der Waals surface area contributed by atoms with Gasteiger partial charge in [-0.15, -0.1) is 0 Å². The molecule has 202 valence electrons. The molecular formula is C27H39N5O3S2. The molecule has 3 aliphatic rings. The van der Waals surface area contributed by atoms with E-state index in [0.29, 0.717) is 28.0 Å². The van der Waals surface area contributed by atoms with E-state index in [-0.39, 0.29) is 18.1 Å². The van der Waals surface area contributed by atoms with E-state index in [9.17, 15) is 13.2 Å². The van der Waals surface area contributed by atoms with E-state index in [1.165, 1.54) is 49.9 Å². The third kappa shape index (κ3) is 6.19. The van der Waals surface area contributed by atoms with Gasteiger partial charge in [0.05, 0.1) is 9.77 Å². The predicted octanol–water partition coefficient (Wildman–Crippen LogP) is 5.02. The Hall–Kier alpha value is -2.01. The van der Waals surface area contributed by atoms with Gasteiger partial charge in [-0.05, 0) is 37.8 Å². The van der Waals surface area contributed by atoms with Crippen LogP contribution in [0.3, 0.4) is 0 Å². The monoisotopic (exact) mass is 545 g/mol. The van der Waals surface area contributed by atoms with E-state index in [2.05, 4.69) is 20.5 Å². The number of nitrogens with zero attached hydrogens (tertiary/aromatic N) is 3. The van der Waals surface area contributed by atoms with Gasteiger partial charge in [0.25, 0.3) is 0 Å². The van der Waals surface area contributed by atoms with Crippen LogP contribution >= 0.6 is 11.3 Å². The maximum Gasteiger partial charge on any atom is 0.324 e. The van der Waals surface area contributed by atoms with Crippen LogP contribution in [0.2, 0.25) is 0 Å². The molecule has 0 radical (unpaired) electrons. The number of piperazine rings is 1. The lowest BCUT2D eigenvalue weighted by Crippen LogP contribution is -2.50. The second-order valence-corrected chi connectivity index (χ2v) is 13.6. The van der Waals surface area contributed by atoms with Crippen molar-refractivity contribution in [3.05, 3.63) is 41.4 Å². The zero-order valence-corrected chi connectivity index (χ0v) is 23.1. The van der Waals surface area contributed by atoms with Crippen molar-refractivity contribution in [1.29, 1.82) is 0 Å². The van der Waals surface area contributed by atoms with Gasteiger partial charge >= 0.3 is 6.03 Å². The molecule has 2 heterocycles. The summed E-state index contributed by atoms with van der Waals surface area (Å²) in [5, 5.41) is 6.03. The van der Waals surface area contributed by atoms with Crippen LogP contribution in [0.1, 0.15) is 74.5 Å². The van der Waals surface area contributed by atoms with Crippen LogP contribution in [0.5, 0.6) is 0 Å². The van der Waals surface area contributed by atoms with Crippen molar-refractivity contribution in [2.75, 3.05) is 31.5 Å². The Morgan fingerprint density at radius 1 is 0.973 bits per heavy atom. The number of aromatic nitrogens is 1. The van der Waals surface area contributed by atoms with E-state index in [4.69, 9.17) is 0 Å². The zero-order valence-electron chi connectivity index (χ0n) is 21.5. The SMILES string of the molecule is O=C(Nc1ncc(C(N2CCNCC2)S(=O)(=O)c2ccccc2)s1)N(C1CCCCC1)C1CCCCC1. The summed E-state index contributed by atoms with van der Waals surface area (Å²) in [5.41, 5.74) is 0. The highest BCUT2D eigenvalue weighted by Gasteiger charge is 2.37. The van der Waals surface area contributed by atoms with Crippen LogP contribution < -0.4 is 10.6 Å². The first-order chi connectivity index (χ1) is 18.0. The van der Waals surface area contributed by atoms with Gasteiger partial charge in [-0.25, -0.2) is 18.2 Å². The van der Waals surface area contributed by atoms with Crippen LogP contribution in [0.15, 0.2) is 41.4 Å². The molecule has 1 unspecified atom stereocenters. The summed E-state index contributed by atoms with van der Waals surface area (Å²) in [6.07, 6.45) is 13.1. The molecule has 1 aromatic carbocycles. The number of nitrogens with one attached hydrogen (secondary N) is 2. The molecule has 3 fully saturated rings. The molecule has 0 spiro atoms. The summed E-state index contributed by atoms with van der Waals surface area (Å²) in [6, 6.07) is 9.12. The van der Waals surface area contributed by atoms with Crippen molar-refractivity contribution in [1.82, 2.24) is 20.1 Å². The van der Waals surface area contributed by atoms with E-state index in [1.807, 2.05) is 11.0 Å². The summed E-state index contributed by atoms with van der Waals surface area (Å²) >= 11 is 1.28. The average molecular weight is 546 g/mol. The van der Waals surface area contributed by atoms with Gasteiger partial charge in [0.1, 0.15) is 0 Å². The smallest absolute Gasteiger partial charge is 0.319 e. The number of hydrogen-bond donors (Lipinski definition) is 2. The van der Waals surface area contributed by atoms with E-state index in [0.717, 1.165) is 38.8 Å². The standard InChI is InChI=1S/C27H39N5O3S2/c33-27(32(21-10-4-1-5-11-21)22-12-6-2-7-13-22)30-26-29-20-24(36-26)25(31-18-16-28-17-19-31)37(34,35)23-14-8-3-9-15-23/h3,8-9,14-15,20-22,25,28H,1-2,4-7,10-13,16-19H2,(H,29,30,33). The Bertz CT molecular complexity index is 1100. The fraction of sp³-hybridized carbons (Fsp3) is 0.630. The van der Waals surface area contributed by atoms with Crippen molar-refractivity contribution in [3.63, 3.8) is 0 Å². The minimum atomic E-state index is -3.67. The van der Waals surface area contributed by atoms with Gasteiger partial charge in [0.2, 0.25) is 0 Å². The molecule has 1 aromatic heterocycles. The number of carbonyl (C=O) groups excluding carboxylic acids is 1. The molecule has 2 aromatic rings. The highest BCUT2D eigenvalue weighted by molar-refractivity contribution is 7.91. The fourth-order valence-corrected chi connectivity index (χ4v) is 9.26. The van der Waals surface area contributed by atoms with Crippen LogP contribution in [-0.4, -0.2) is 67.5 Å². The molecular weight excluding hydrogens is 506 g/mol. The van der Waals surface area contributed by atoms with Gasteiger partial charge in [0, 0.05) is 44.5 Å². The Kier molecular flexibility index (Phi) is 8.79. The topological polar surface area (TPSA) is 94.6 Å². The Morgan fingerprint density at radius 2 is 1.57 bits per heavy atom. The summed E-state index contributed by atoms with van der Waals surface area (Å²) in [7, 11) is -3.67. The molecule has 1 saturated heterocycles. The summed E-state index contributed by atoms with van der Waals surface area (Å²) in [5.74, 6) is 0. The van der Waals surface area contributed by atoms with E-state index >= 15 is 0 Å². The molecule has 10 heteroatoms. The van der Waals surface area contributed by atoms with Gasteiger partial charge in [-0.1, -0.05) is 68.1 Å². The van der Waals surface area contributed by atoms with Gasteiger partial charge in [-0.2, -0.15) is 0 Å². The number of carbonyl (C=O) groups is 1. The normalized spacial score (nSPS) is 21.4. The number of hydrogen-bond acceptors (Lipinski definition) is 7. The van der Waals surface area contributed by atoms with Gasteiger partial charge < -0.3 is 10.2 Å². The third-order valence-corrected chi connectivity index (χ3v) is 11.2. The number of benzene rings is 1. The lowest BCUT2D eigenvalue weighted by Gasteiger charge is -2.41. The average Bonchev–Trinajstić information content (AvgIpc) is 3.38. The predicted molar refractivity (Wildman–Crippen MR) is 148 cm³/mol. The van der Waals surface area contributed by atoms with Crippen LogP contribution in [0, 0.1) is 0 Å². The van der Waals surface area contributed by atoms with Crippen LogP contribution in [-0.2, 0) is 9.84 Å². The molecule has 2 amide bonds. The van der Waals surface area contributed by atoms with Crippen LogP contribution in [0.4, 0.5) is 9.93 Å². The zero-order chi connectivity index (χ0) is 25.7. The molecule has 37 heavy (non-hydrogen) atoms. The number of rotatable bonds is 7. The van der Waals surface area contributed by atoms with Crippen LogP contribution in [0.25, 0.3) is 0 Å². The van der Waals surface area contributed by atoms with Crippen molar-refractivity contribution < 1.29 is 13.2 Å². The van der Waals surface area contributed by atoms with Crippen molar-refractivity contribution in [3.8, 4) is 0 Å². The molecule has 2 aliphatic carbocycles. The third-order valence-electron chi connectivity index (χ3n) is 8.00. The first-order valence-electron chi connectivity index (χ1n) is 13.8. The second-order valence-electron chi connectivity index (χ2n) is 10.5. The summed E-state index contributed by atoms with van der Waals surface area (Å²) in [4.78, 5) is 23.2. The number of anilines is 1. The summed E-state index contributed by atoms with van der Waals surface area (Å²) in [6.45, 7) is 2.74. The second kappa shape index (κ2) is 12.2. The first-order valence-corrected chi connectivity index (χ1v) is 16.2. The molecule has 8 nitrogen and oxygen atoms in total. The minimum Gasteiger partial charge on any atom is -0.319 e. The maximum atomic E-state index is 13.8. The maximum absolute atomic E-state index is 13.8. The minimum absolute atomic E-state index is 0.0793. The number of urea groups is 1. The molecule has 1 aliphatic heterocycles.